The first-order valence-corrected chi connectivity index (χ1v) is 7.22. The first-order chi connectivity index (χ1) is 9.71. The molecule has 2 rings (SSSR count). The van der Waals surface area contributed by atoms with Crippen LogP contribution in [-0.2, 0) is 17.6 Å². The van der Waals surface area contributed by atoms with Crippen LogP contribution in [-0.4, -0.2) is 36.9 Å². The Morgan fingerprint density at radius 2 is 2.10 bits per heavy atom. The van der Waals surface area contributed by atoms with Crippen LogP contribution in [0.25, 0.3) is 0 Å². The van der Waals surface area contributed by atoms with Crippen LogP contribution in [0.5, 0.6) is 0 Å². The van der Waals surface area contributed by atoms with E-state index in [-0.39, 0.29) is 6.04 Å². The highest BCUT2D eigenvalue weighted by Crippen LogP contribution is 2.13. The zero-order valence-corrected chi connectivity index (χ0v) is 13.2. The van der Waals surface area contributed by atoms with Crippen molar-refractivity contribution in [2.75, 3.05) is 20.8 Å². The molecule has 0 aliphatic carbocycles. The largest absolute Gasteiger partial charge is 0.383 e. The Balaban J connectivity index is 1.96. The fourth-order valence-electron chi connectivity index (χ4n) is 1.89. The van der Waals surface area contributed by atoms with Crippen molar-refractivity contribution in [3.63, 3.8) is 0 Å². The van der Waals surface area contributed by atoms with Crippen LogP contribution < -0.4 is 5.32 Å². The fourth-order valence-corrected chi connectivity index (χ4v) is 2.15. The molecule has 0 spiro atoms. The van der Waals surface area contributed by atoms with Crippen molar-refractivity contribution in [3.05, 3.63) is 46.0 Å². The molecule has 0 bridgehead atoms. The normalized spacial score (nSPS) is 12.6. The lowest BCUT2D eigenvalue weighted by Crippen LogP contribution is -2.32. The molecule has 108 valence electrons. The zero-order valence-electron chi connectivity index (χ0n) is 11.6. The maximum Gasteiger partial charge on any atom is 0.228 e. The molecular formula is C14H18BrN3O2. The molecule has 0 fully saturated rings. The van der Waals surface area contributed by atoms with Gasteiger partial charge in [-0.15, -0.1) is 0 Å². The Bertz CT molecular complexity index is 527. The average Bonchev–Trinajstić information content (AvgIpc) is 2.88. The molecule has 1 aromatic carbocycles. The van der Waals surface area contributed by atoms with Crippen LogP contribution in [0.1, 0.15) is 17.3 Å². The fraction of sp³-hybridized carbons (Fsp3) is 0.429. The second-order valence-electron chi connectivity index (χ2n) is 4.55. The van der Waals surface area contributed by atoms with Crippen molar-refractivity contribution in [3.8, 4) is 0 Å². The number of likely N-dealkylation sites (N-methyl/N-ethyl adjacent to an activating group) is 1. The van der Waals surface area contributed by atoms with E-state index in [9.17, 15) is 0 Å². The Kier molecular flexibility index (Phi) is 5.70. The number of hydrogen-bond donors (Lipinski definition) is 1. The van der Waals surface area contributed by atoms with Crippen molar-refractivity contribution in [2.24, 2.45) is 0 Å². The highest BCUT2D eigenvalue weighted by atomic mass is 79.9. The second-order valence-corrected chi connectivity index (χ2v) is 5.47. The maximum absolute atomic E-state index is 5.27. The Hall–Kier alpha value is -1.24. The summed E-state index contributed by atoms with van der Waals surface area (Å²) in [5, 5.41) is 7.17. The summed E-state index contributed by atoms with van der Waals surface area (Å²) in [6.45, 7) is 0.612. The number of nitrogens with one attached hydrogen (secondary N) is 1. The summed E-state index contributed by atoms with van der Waals surface area (Å²) in [6.07, 6.45) is 1.34. The van der Waals surface area contributed by atoms with E-state index < -0.39 is 0 Å². The Morgan fingerprint density at radius 3 is 2.75 bits per heavy atom. The number of rotatable bonds is 7. The van der Waals surface area contributed by atoms with Crippen molar-refractivity contribution in [2.45, 2.75) is 18.9 Å². The minimum Gasteiger partial charge on any atom is -0.383 e. The predicted octanol–water partition coefficient (Wildman–Crippen LogP) is 2.20. The summed E-state index contributed by atoms with van der Waals surface area (Å²) in [5.74, 6) is 1.34. The van der Waals surface area contributed by atoms with Gasteiger partial charge < -0.3 is 14.6 Å². The van der Waals surface area contributed by atoms with Gasteiger partial charge in [0.1, 0.15) is 0 Å². The Morgan fingerprint density at radius 1 is 1.35 bits per heavy atom. The molecular weight excluding hydrogens is 322 g/mol. The highest BCUT2D eigenvalue weighted by Gasteiger charge is 2.13. The summed E-state index contributed by atoms with van der Waals surface area (Å²) >= 11 is 3.42. The van der Waals surface area contributed by atoms with Crippen LogP contribution in [0.3, 0.4) is 0 Å². The van der Waals surface area contributed by atoms with Crippen LogP contribution >= 0.6 is 15.9 Å². The topological polar surface area (TPSA) is 60.2 Å². The van der Waals surface area contributed by atoms with Gasteiger partial charge in [-0.3, -0.25) is 0 Å². The third-order valence-corrected chi connectivity index (χ3v) is 3.51. The minimum atomic E-state index is 0.181. The predicted molar refractivity (Wildman–Crippen MR) is 79.7 cm³/mol. The lowest BCUT2D eigenvalue weighted by Gasteiger charge is -2.11. The monoisotopic (exact) mass is 339 g/mol. The van der Waals surface area contributed by atoms with Crippen molar-refractivity contribution < 1.29 is 9.26 Å². The SMILES string of the molecule is CNC(COC)Cc1nc(Cc2ccc(Br)cc2)no1. The van der Waals surface area contributed by atoms with E-state index in [1.807, 2.05) is 31.3 Å². The zero-order chi connectivity index (χ0) is 14.4. The van der Waals surface area contributed by atoms with Crippen LogP contribution in [0.15, 0.2) is 33.3 Å². The van der Waals surface area contributed by atoms with E-state index in [0.717, 1.165) is 10.0 Å². The van der Waals surface area contributed by atoms with Crippen molar-refractivity contribution in [1.82, 2.24) is 15.5 Å². The van der Waals surface area contributed by atoms with Gasteiger partial charge in [0, 0.05) is 30.5 Å². The molecule has 2 aromatic rings. The lowest BCUT2D eigenvalue weighted by molar-refractivity contribution is 0.165. The van der Waals surface area contributed by atoms with E-state index in [2.05, 4.69) is 31.4 Å². The van der Waals surface area contributed by atoms with Gasteiger partial charge in [0.05, 0.1) is 6.61 Å². The molecule has 1 aromatic heterocycles. The third kappa shape index (κ3) is 4.40. The number of halogens is 1. The molecule has 0 aliphatic rings. The standard InChI is InChI=1S/C14H18BrN3O2/c1-16-12(9-19-2)8-14-17-13(18-20-14)7-10-3-5-11(15)6-4-10/h3-6,12,16H,7-9H2,1-2H3. The van der Waals surface area contributed by atoms with Gasteiger partial charge in [-0.1, -0.05) is 33.2 Å². The van der Waals surface area contributed by atoms with Crippen molar-refractivity contribution in [1.29, 1.82) is 0 Å². The van der Waals surface area contributed by atoms with Crippen LogP contribution in [0, 0.1) is 0 Å². The smallest absolute Gasteiger partial charge is 0.228 e. The van der Waals surface area contributed by atoms with Crippen LogP contribution in [0.2, 0.25) is 0 Å². The summed E-state index contributed by atoms with van der Waals surface area (Å²) in [6, 6.07) is 8.28. The average molecular weight is 340 g/mol. The molecule has 5 nitrogen and oxygen atoms in total. The number of ether oxygens (including phenoxy) is 1. The summed E-state index contributed by atoms with van der Waals surface area (Å²) in [4.78, 5) is 4.41. The van der Waals surface area contributed by atoms with Crippen molar-refractivity contribution >= 4 is 15.9 Å². The van der Waals surface area contributed by atoms with E-state index >= 15 is 0 Å². The second kappa shape index (κ2) is 7.52. The first kappa shape index (κ1) is 15.2. The van der Waals surface area contributed by atoms with Gasteiger partial charge in [-0.2, -0.15) is 4.98 Å². The van der Waals surface area contributed by atoms with Gasteiger partial charge in [0.2, 0.25) is 5.89 Å². The van der Waals surface area contributed by atoms with Crippen LogP contribution in [0.4, 0.5) is 0 Å². The van der Waals surface area contributed by atoms with Gasteiger partial charge >= 0.3 is 0 Å². The quantitative estimate of drug-likeness (QED) is 0.837. The number of hydrogen-bond acceptors (Lipinski definition) is 5. The molecule has 6 heteroatoms. The lowest BCUT2D eigenvalue weighted by atomic mass is 10.1. The molecule has 1 atom stereocenters. The number of methoxy groups -OCH3 is 1. The summed E-state index contributed by atoms with van der Waals surface area (Å²) in [5.41, 5.74) is 1.16. The highest BCUT2D eigenvalue weighted by molar-refractivity contribution is 9.10. The van der Waals surface area contributed by atoms with Gasteiger partial charge in [0.25, 0.3) is 0 Å². The van der Waals surface area contributed by atoms with E-state index in [4.69, 9.17) is 9.26 Å². The summed E-state index contributed by atoms with van der Waals surface area (Å²) in [7, 11) is 3.57. The van der Waals surface area contributed by atoms with E-state index in [1.165, 1.54) is 0 Å². The Labute approximate surface area is 126 Å². The maximum atomic E-state index is 5.27. The molecule has 0 amide bonds. The minimum absolute atomic E-state index is 0.181. The van der Waals surface area contributed by atoms with Gasteiger partial charge in [0.15, 0.2) is 5.82 Å². The van der Waals surface area contributed by atoms with E-state index in [1.54, 1.807) is 7.11 Å². The molecule has 1 N–H and O–H groups in total. The van der Waals surface area contributed by atoms with Gasteiger partial charge in [-0.05, 0) is 24.7 Å². The van der Waals surface area contributed by atoms with Gasteiger partial charge in [-0.25, -0.2) is 0 Å². The first-order valence-electron chi connectivity index (χ1n) is 6.43. The molecule has 1 heterocycles. The molecule has 0 radical (unpaired) electrons. The number of nitrogens with zero attached hydrogens (tertiary/aromatic N) is 2. The van der Waals surface area contributed by atoms with E-state index in [0.29, 0.717) is 31.2 Å². The molecule has 0 saturated heterocycles. The number of aromatic nitrogens is 2. The molecule has 20 heavy (non-hydrogen) atoms. The third-order valence-electron chi connectivity index (χ3n) is 2.98. The molecule has 1 unspecified atom stereocenters. The summed E-state index contributed by atoms with van der Waals surface area (Å²) < 4.78 is 11.5. The molecule has 0 saturated carbocycles. The molecule has 0 aliphatic heterocycles. The number of benzene rings is 1.